The second-order valence-electron chi connectivity index (χ2n) is 9.32. The number of pyridine rings is 1. The largest absolute Gasteiger partial charge is 0.376 e. The van der Waals surface area contributed by atoms with Crippen molar-refractivity contribution in [1.82, 2.24) is 20.3 Å². The molecule has 0 aromatic carbocycles. The number of nitrogens with zero attached hydrogens (tertiary/aromatic N) is 3. The molecule has 2 aromatic heterocycles. The zero-order chi connectivity index (χ0) is 23.4. The molecular weight excluding hydrogens is 447 g/mol. The minimum Gasteiger partial charge on any atom is -0.376 e. The topological polar surface area (TPSA) is 101 Å². The first-order valence-electron chi connectivity index (χ1n) is 11.4. The van der Waals surface area contributed by atoms with Crippen LogP contribution in [0.3, 0.4) is 0 Å². The van der Waals surface area contributed by atoms with Crippen LogP contribution in [0.2, 0.25) is 5.02 Å². The molecule has 2 atom stereocenters. The van der Waals surface area contributed by atoms with Gasteiger partial charge in [0.2, 0.25) is 5.91 Å². The Morgan fingerprint density at radius 2 is 2.18 bits per heavy atom. The summed E-state index contributed by atoms with van der Waals surface area (Å²) in [6.45, 7) is 6.96. The summed E-state index contributed by atoms with van der Waals surface area (Å²) in [5.74, 6) is -0.0717. The average molecular weight is 477 g/mol. The van der Waals surface area contributed by atoms with Crippen LogP contribution >= 0.6 is 11.6 Å². The number of carbonyl (C=O) groups is 1. The molecule has 2 aliphatic heterocycles. The molecule has 1 unspecified atom stereocenters. The summed E-state index contributed by atoms with van der Waals surface area (Å²) in [6, 6.07) is 1.64. The molecule has 33 heavy (non-hydrogen) atoms. The van der Waals surface area contributed by atoms with Gasteiger partial charge in [-0.05, 0) is 58.1 Å². The van der Waals surface area contributed by atoms with Crippen molar-refractivity contribution in [1.29, 1.82) is 0 Å². The third-order valence-corrected chi connectivity index (χ3v) is 6.44. The number of carbonyl (C=O) groups excluding carboxylic acids is 1. The maximum Gasteiger partial charge on any atom is 0.255 e. The number of hydrogen-bond donors (Lipinski definition) is 3. The Balaban J connectivity index is 1.48. The molecule has 3 N–H and O–H groups in total. The molecule has 1 amide bonds. The monoisotopic (exact) mass is 476 g/mol. The van der Waals surface area contributed by atoms with Crippen LogP contribution in [0.25, 0.3) is 11.3 Å². The van der Waals surface area contributed by atoms with Gasteiger partial charge in [0.1, 0.15) is 5.82 Å². The highest BCUT2D eigenvalue weighted by Gasteiger charge is 2.29. The Morgan fingerprint density at radius 3 is 2.94 bits per heavy atom. The fourth-order valence-electron chi connectivity index (χ4n) is 4.40. The predicted molar refractivity (Wildman–Crippen MR) is 126 cm³/mol. The van der Waals surface area contributed by atoms with Gasteiger partial charge in [-0.15, -0.1) is 0 Å². The second kappa shape index (κ2) is 10.3. The van der Waals surface area contributed by atoms with Crippen molar-refractivity contribution in [2.45, 2.75) is 45.1 Å². The third-order valence-electron chi connectivity index (χ3n) is 6.14. The van der Waals surface area contributed by atoms with Crippen LogP contribution in [-0.4, -0.2) is 52.7 Å². The summed E-state index contributed by atoms with van der Waals surface area (Å²) in [5.41, 5.74) is 0.732. The summed E-state index contributed by atoms with van der Waals surface area (Å²) < 4.78 is 20.1. The fourth-order valence-corrected chi connectivity index (χ4v) is 4.60. The minimum absolute atomic E-state index is 0.0727. The highest BCUT2D eigenvalue weighted by atomic mass is 35.5. The van der Waals surface area contributed by atoms with E-state index in [1.54, 1.807) is 6.07 Å². The van der Waals surface area contributed by atoms with E-state index < -0.39 is 5.95 Å². The standard InChI is InChI=1S/C23H30ClFN6O2/c1-23(2)9-14(5-7-33-23)10-29-21-20(25)28-13-18(30-21)16-8-19(27-12-17(16)24)31-22(32)15-4-3-6-26-11-15/h8,12-15,26H,3-7,9-11H2,1-2H3,(H,29,30)(H,27,31,32)/t14?,15-/m1/s1. The number of anilines is 2. The number of rotatable bonds is 6. The summed E-state index contributed by atoms with van der Waals surface area (Å²) in [5, 5.41) is 9.52. The maximum absolute atomic E-state index is 14.4. The smallest absolute Gasteiger partial charge is 0.255 e. The van der Waals surface area contributed by atoms with Gasteiger partial charge in [0.05, 0.1) is 28.4 Å². The van der Waals surface area contributed by atoms with E-state index in [9.17, 15) is 9.18 Å². The van der Waals surface area contributed by atoms with Crippen molar-refractivity contribution in [3.8, 4) is 11.3 Å². The molecule has 0 saturated carbocycles. The van der Waals surface area contributed by atoms with E-state index >= 15 is 0 Å². The van der Waals surface area contributed by atoms with Gasteiger partial charge in [-0.25, -0.2) is 15.0 Å². The van der Waals surface area contributed by atoms with Crippen LogP contribution < -0.4 is 16.0 Å². The fraction of sp³-hybridized carbons (Fsp3) is 0.565. The van der Waals surface area contributed by atoms with Crippen molar-refractivity contribution in [3.63, 3.8) is 0 Å². The van der Waals surface area contributed by atoms with Gasteiger partial charge >= 0.3 is 0 Å². The number of ether oxygens (including phenoxy) is 1. The molecule has 4 rings (SSSR count). The van der Waals surface area contributed by atoms with Crippen LogP contribution in [0.1, 0.15) is 39.5 Å². The van der Waals surface area contributed by atoms with E-state index in [-0.39, 0.29) is 23.2 Å². The number of aromatic nitrogens is 3. The molecule has 178 valence electrons. The Hall–Kier alpha value is -2.36. The molecular formula is C23H30ClFN6O2. The molecule has 2 saturated heterocycles. The van der Waals surface area contributed by atoms with E-state index in [0.717, 1.165) is 32.2 Å². The number of halogens is 2. The van der Waals surface area contributed by atoms with Crippen LogP contribution in [0, 0.1) is 17.8 Å². The lowest BCUT2D eigenvalue weighted by atomic mass is 9.88. The molecule has 2 fully saturated rings. The van der Waals surface area contributed by atoms with Crippen LogP contribution in [0.5, 0.6) is 0 Å². The van der Waals surface area contributed by atoms with E-state index in [1.807, 2.05) is 0 Å². The summed E-state index contributed by atoms with van der Waals surface area (Å²) in [6.07, 6.45) is 6.36. The first-order valence-corrected chi connectivity index (χ1v) is 11.8. The normalized spacial score (nSPS) is 22.5. The number of hydrogen-bond acceptors (Lipinski definition) is 7. The molecule has 10 heteroatoms. The lowest BCUT2D eigenvalue weighted by Crippen LogP contribution is -2.37. The first-order chi connectivity index (χ1) is 15.8. The third kappa shape index (κ3) is 6.16. The average Bonchev–Trinajstić information content (AvgIpc) is 2.80. The first kappa shape index (κ1) is 23.8. The van der Waals surface area contributed by atoms with Gasteiger partial charge in [-0.3, -0.25) is 4.79 Å². The Bertz CT molecular complexity index is 999. The molecule has 0 radical (unpaired) electrons. The van der Waals surface area contributed by atoms with Gasteiger partial charge in [0.25, 0.3) is 5.95 Å². The van der Waals surface area contributed by atoms with Crippen molar-refractivity contribution in [2.24, 2.45) is 11.8 Å². The SMILES string of the molecule is CC1(C)CC(CNc2nc(-c3cc(NC(=O)[C@@H]4CCCNC4)ncc3Cl)cnc2F)CCO1. The number of piperidine rings is 1. The van der Waals surface area contributed by atoms with E-state index in [2.05, 4.69) is 44.7 Å². The summed E-state index contributed by atoms with van der Waals surface area (Å²) >= 11 is 6.36. The molecule has 0 aliphatic carbocycles. The number of nitrogens with one attached hydrogen (secondary N) is 3. The van der Waals surface area contributed by atoms with E-state index in [4.69, 9.17) is 16.3 Å². The summed E-state index contributed by atoms with van der Waals surface area (Å²) in [7, 11) is 0. The van der Waals surface area contributed by atoms with Crippen LogP contribution in [-0.2, 0) is 9.53 Å². The van der Waals surface area contributed by atoms with Crippen molar-refractivity contribution >= 4 is 29.1 Å². The molecule has 0 spiro atoms. The molecule has 2 aromatic rings. The molecule has 2 aliphatic rings. The van der Waals surface area contributed by atoms with Crippen molar-refractivity contribution in [2.75, 3.05) is 36.9 Å². The Kier molecular flexibility index (Phi) is 7.41. The maximum atomic E-state index is 14.4. The quantitative estimate of drug-likeness (QED) is 0.581. The Morgan fingerprint density at radius 1 is 1.33 bits per heavy atom. The van der Waals surface area contributed by atoms with E-state index in [1.165, 1.54) is 12.4 Å². The van der Waals surface area contributed by atoms with Crippen molar-refractivity contribution < 1.29 is 13.9 Å². The summed E-state index contributed by atoms with van der Waals surface area (Å²) in [4.78, 5) is 25.1. The van der Waals surface area contributed by atoms with E-state index in [0.29, 0.717) is 47.7 Å². The minimum atomic E-state index is -0.673. The second-order valence-corrected chi connectivity index (χ2v) is 9.73. The highest BCUT2D eigenvalue weighted by Crippen LogP contribution is 2.31. The lowest BCUT2D eigenvalue weighted by molar-refractivity contribution is -0.120. The van der Waals surface area contributed by atoms with Crippen molar-refractivity contribution in [3.05, 3.63) is 29.4 Å². The lowest BCUT2D eigenvalue weighted by Gasteiger charge is -2.35. The molecule has 4 heterocycles. The van der Waals surface area contributed by atoms with Gasteiger partial charge in [-0.2, -0.15) is 4.39 Å². The molecule has 0 bridgehead atoms. The van der Waals surface area contributed by atoms with Gasteiger partial charge in [-0.1, -0.05) is 11.6 Å². The molecule has 8 nitrogen and oxygen atoms in total. The predicted octanol–water partition coefficient (Wildman–Crippen LogP) is 3.89. The zero-order valence-electron chi connectivity index (χ0n) is 19.0. The van der Waals surface area contributed by atoms with Gasteiger partial charge in [0.15, 0.2) is 5.82 Å². The van der Waals surface area contributed by atoms with Gasteiger partial charge < -0.3 is 20.7 Å². The highest BCUT2D eigenvalue weighted by molar-refractivity contribution is 6.33. The van der Waals surface area contributed by atoms with Crippen LogP contribution in [0.15, 0.2) is 18.5 Å². The number of amides is 1. The van der Waals surface area contributed by atoms with Crippen LogP contribution in [0.4, 0.5) is 16.0 Å². The Labute approximate surface area is 198 Å². The zero-order valence-corrected chi connectivity index (χ0v) is 19.7. The van der Waals surface area contributed by atoms with Gasteiger partial charge in [0, 0.05) is 31.5 Å².